The number of hydrogen-bond donors (Lipinski definition) is 3. The summed E-state index contributed by atoms with van der Waals surface area (Å²) < 4.78 is 0. The SMILES string of the molecule is CN=C(NCC(=O)NC(C)(C)C)NCC(C)(C)c1cccc(C)c1.I. The summed E-state index contributed by atoms with van der Waals surface area (Å²) in [4.78, 5) is 16.1. The molecule has 6 heteroatoms. The van der Waals surface area contributed by atoms with Gasteiger partial charge in [-0.3, -0.25) is 9.79 Å². The van der Waals surface area contributed by atoms with Crippen LogP contribution in [-0.2, 0) is 10.2 Å². The predicted molar refractivity (Wildman–Crippen MR) is 117 cm³/mol. The molecule has 0 aliphatic heterocycles. The minimum Gasteiger partial charge on any atom is -0.356 e. The molecule has 0 atom stereocenters. The Kier molecular flexibility index (Phi) is 9.47. The van der Waals surface area contributed by atoms with Crippen LogP contribution in [0.1, 0.15) is 45.7 Å². The maximum atomic E-state index is 11.9. The molecule has 25 heavy (non-hydrogen) atoms. The van der Waals surface area contributed by atoms with E-state index >= 15 is 0 Å². The number of nitrogens with one attached hydrogen (secondary N) is 3. The first-order valence-electron chi connectivity index (χ1n) is 8.36. The van der Waals surface area contributed by atoms with Crippen LogP contribution < -0.4 is 16.0 Å². The lowest BCUT2D eigenvalue weighted by Gasteiger charge is -2.27. The Hall–Kier alpha value is -1.31. The highest BCUT2D eigenvalue weighted by Gasteiger charge is 2.21. The fourth-order valence-electron chi connectivity index (χ4n) is 2.32. The van der Waals surface area contributed by atoms with Gasteiger partial charge in [-0.25, -0.2) is 0 Å². The Morgan fingerprint density at radius 3 is 2.28 bits per heavy atom. The van der Waals surface area contributed by atoms with Crippen molar-refractivity contribution in [3.8, 4) is 0 Å². The average Bonchev–Trinajstić information content (AvgIpc) is 2.45. The van der Waals surface area contributed by atoms with Gasteiger partial charge in [0.05, 0.1) is 6.54 Å². The van der Waals surface area contributed by atoms with Crippen molar-refractivity contribution in [2.75, 3.05) is 20.1 Å². The van der Waals surface area contributed by atoms with E-state index in [2.05, 4.69) is 66.0 Å². The van der Waals surface area contributed by atoms with E-state index in [0.29, 0.717) is 5.96 Å². The van der Waals surface area contributed by atoms with Crippen LogP contribution in [0, 0.1) is 6.92 Å². The summed E-state index contributed by atoms with van der Waals surface area (Å²) in [5.41, 5.74) is 2.25. The van der Waals surface area contributed by atoms with Gasteiger partial charge in [0.25, 0.3) is 0 Å². The predicted octanol–water partition coefficient (Wildman–Crippen LogP) is 2.97. The van der Waals surface area contributed by atoms with Gasteiger partial charge in [-0.15, -0.1) is 24.0 Å². The third-order valence-corrected chi connectivity index (χ3v) is 3.65. The molecular formula is C19H33IN4O. The van der Waals surface area contributed by atoms with Crippen LogP contribution >= 0.6 is 24.0 Å². The molecule has 0 saturated carbocycles. The van der Waals surface area contributed by atoms with E-state index < -0.39 is 0 Å². The van der Waals surface area contributed by atoms with Crippen molar-refractivity contribution in [2.45, 2.75) is 52.5 Å². The maximum Gasteiger partial charge on any atom is 0.239 e. The second-order valence-electron chi connectivity index (χ2n) is 7.83. The molecule has 0 bridgehead atoms. The number of nitrogens with zero attached hydrogens (tertiary/aromatic N) is 1. The molecule has 1 aromatic carbocycles. The van der Waals surface area contributed by atoms with Crippen LogP contribution in [0.5, 0.6) is 0 Å². The number of carbonyl (C=O) groups is 1. The van der Waals surface area contributed by atoms with Gasteiger partial charge < -0.3 is 16.0 Å². The minimum absolute atomic E-state index is 0. The third kappa shape index (κ3) is 9.09. The highest BCUT2D eigenvalue weighted by atomic mass is 127. The second kappa shape index (κ2) is 9.99. The fourth-order valence-corrected chi connectivity index (χ4v) is 2.32. The third-order valence-electron chi connectivity index (χ3n) is 3.65. The van der Waals surface area contributed by atoms with E-state index in [1.807, 2.05) is 20.8 Å². The van der Waals surface area contributed by atoms with Crippen LogP contribution in [-0.4, -0.2) is 37.5 Å². The molecular weight excluding hydrogens is 427 g/mol. The van der Waals surface area contributed by atoms with Gasteiger partial charge in [0.2, 0.25) is 5.91 Å². The standard InChI is InChI=1S/C19H32N4O.HI/c1-14-9-8-10-15(11-14)19(5,6)13-22-17(20-7)21-12-16(24)23-18(2,3)4;/h8-11H,12-13H2,1-7H3,(H,23,24)(H2,20,21,22);1H. The number of hydrogen-bond acceptors (Lipinski definition) is 2. The molecule has 1 aromatic rings. The molecule has 0 heterocycles. The number of halogens is 1. The molecule has 1 amide bonds. The lowest BCUT2D eigenvalue weighted by atomic mass is 9.84. The number of aryl methyl sites for hydroxylation is 1. The van der Waals surface area contributed by atoms with Crippen LogP contribution in [0.3, 0.4) is 0 Å². The van der Waals surface area contributed by atoms with Gasteiger partial charge in [0.15, 0.2) is 5.96 Å². The smallest absolute Gasteiger partial charge is 0.239 e. The van der Waals surface area contributed by atoms with Crippen LogP contribution in [0.15, 0.2) is 29.3 Å². The Morgan fingerprint density at radius 2 is 1.76 bits per heavy atom. The summed E-state index contributed by atoms with van der Waals surface area (Å²) in [6.45, 7) is 13.3. The Balaban J connectivity index is 0.00000576. The molecule has 5 nitrogen and oxygen atoms in total. The zero-order valence-electron chi connectivity index (χ0n) is 16.5. The van der Waals surface area contributed by atoms with Gasteiger partial charge in [-0.2, -0.15) is 0 Å². The van der Waals surface area contributed by atoms with Gasteiger partial charge in [-0.05, 0) is 33.3 Å². The molecule has 0 spiro atoms. The van der Waals surface area contributed by atoms with Gasteiger partial charge >= 0.3 is 0 Å². The Morgan fingerprint density at radius 1 is 1.12 bits per heavy atom. The first kappa shape index (κ1) is 23.7. The minimum atomic E-state index is -0.233. The van der Waals surface area contributed by atoms with Crippen molar-refractivity contribution < 1.29 is 4.79 Å². The van der Waals surface area contributed by atoms with Crippen molar-refractivity contribution in [1.29, 1.82) is 0 Å². The van der Waals surface area contributed by atoms with E-state index in [1.165, 1.54) is 11.1 Å². The quantitative estimate of drug-likeness (QED) is 0.360. The summed E-state index contributed by atoms with van der Waals surface area (Å²) in [7, 11) is 1.71. The van der Waals surface area contributed by atoms with Crippen molar-refractivity contribution in [3.63, 3.8) is 0 Å². The molecule has 0 unspecified atom stereocenters. The zero-order chi connectivity index (χ0) is 18.4. The van der Waals surface area contributed by atoms with Gasteiger partial charge in [0, 0.05) is 24.5 Å². The summed E-state index contributed by atoms with van der Waals surface area (Å²) in [6, 6.07) is 8.52. The highest BCUT2D eigenvalue weighted by Crippen LogP contribution is 2.22. The number of amides is 1. The molecule has 0 aliphatic carbocycles. The monoisotopic (exact) mass is 460 g/mol. The lowest BCUT2D eigenvalue weighted by molar-refractivity contribution is -0.121. The lowest BCUT2D eigenvalue weighted by Crippen LogP contribution is -2.49. The molecule has 1 rings (SSSR count). The molecule has 0 radical (unpaired) electrons. The zero-order valence-corrected chi connectivity index (χ0v) is 18.8. The first-order chi connectivity index (χ1) is 11.0. The van der Waals surface area contributed by atoms with E-state index in [-0.39, 0.29) is 47.4 Å². The topological polar surface area (TPSA) is 65.5 Å². The van der Waals surface area contributed by atoms with Crippen molar-refractivity contribution in [1.82, 2.24) is 16.0 Å². The maximum absolute atomic E-state index is 11.9. The van der Waals surface area contributed by atoms with Gasteiger partial charge in [-0.1, -0.05) is 43.7 Å². The van der Waals surface area contributed by atoms with E-state index in [0.717, 1.165) is 6.54 Å². The first-order valence-corrected chi connectivity index (χ1v) is 8.36. The average molecular weight is 460 g/mol. The van der Waals surface area contributed by atoms with Crippen LogP contribution in [0.25, 0.3) is 0 Å². The summed E-state index contributed by atoms with van der Waals surface area (Å²) in [5.74, 6) is 0.572. The summed E-state index contributed by atoms with van der Waals surface area (Å²) in [6.07, 6.45) is 0. The Bertz CT molecular complexity index is 591. The summed E-state index contributed by atoms with van der Waals surface area (Å²) >= 11 is 0. The Labute approximate surface area is 169 Å². The molecule has 0 aliphatic rings. The molecule has 3 N–H and O–H groups in total. The number of aliphatic imine (C=N–C) groups is 1. The van der Waals surface area contributed by atoms with Crippen LogP contribution in [0.2, 0.25) is 0 Å². The van der Waals surface area contributed by atoms with E-state index in [9.17, 15) is 4.79 Å². The van der Waals surface area contributed by atoms with E-state index in [1.54, 1.807) is 7.05 Å². The molecule has 0 aromatic heterocycles. The fraction of sp³-hybridized carbons (Fsp3) is 0.579. The number of benzene rings is 1. The summed E-state index contributed by atoms with van der Waals surface area (Å²) in [5, 5.41) is 9.28. The number of rotatable bonds is 5. The van der Waals surface area contributed by atoms with Crippen molar-refractivity contribution >= 4 is 35.8 Å². The molecule has 0 saturated heterocycles. The molecule has 0 fully saturated rings. The largest absolute Gasteiger partial charge is 0.356 e. The normalized spacial score (nSPS) is 12.2. The van der Waals surface area contributed by atoms with Crippen molar-refractivity contribution in [3.05, 3.63) is 35.4 Å². The van der Waals surface area contributed by atoms with Crippen LogP contribution in [0.4, 0.5) is 0 Å². The van der Waals surface area contributed by atoms with E-state index in [4.69, 9.17) is 0 Å². The highest BCUT2D eigenvalue weighted by molar-refractivity contribution is 14.0. The second-order valence-corrected chi connectivity index (χ2v) is 7.83. The molecule has 142 valence electrons. The van der Waals surface area contributed by atoms with Crippen molar-refractivity contribution in [2.24, 2.45) is 4.99 Å². The van der Waals surface area contributed by atoms with Gasteiger partial charge in [0.1, 0.15) is 0 Å². The number of guanidine groups is 1. The number of carbonyl (C=O) groups excluding carboxylic acids is 1.